The fourth-order valence-corrected chi connectivity index (χ4v) is 2.77. The number of anilines is 2. The first-order valence-electron chi connectivity index (χ1n) is 8.39. The third-order valence-corrected chi connectivity index (χ3v) is 4.49. The van der Waals surface area contributed by atoms with E-state index >= 15 is 0 Å². The molecule has 0 spiro atoms. The summed E-state index contributed by atoms with van der Waals surface area (Å²) >= 11 is 0. The number of aryl methyl sites for hydroxylation is 1. The van der Waals surface area contributed by atoms with Gasteiger partial charge in [-0.1, -0.05) is 13.8 Å². The maximum absolute atomic E-state index is 12.0. The summed E-state index contributed by atoms with van der Waals surface area (Å²) in [5.74, 6) is -0.0555. The largest absolute Gasteiger partial charge is 0.392 e. The molecule has 1 fully saturated rings. The molecule has 0 bridgehead atoms. The lowest BCUT2D eigenvalue weighted by atomic mass is 10.0. The number of aliphatic hydroxyl groups excluding tert-OH is 1. The number of piperazine rings is 1. The first-order valence-corrected chi connectivity index (χ1v) is 8.39. The van der Waals surface area contributed by atoms with Gasteiger partial charge in [0.25, 0.3) is 0 Å². The van der Waals surface area contributed by atoms with Gasteiger partial charge in [0.05, 0.1) is 12.5 Å². The molecule has 1 aromatic carbocycles. The smallest absolute Gasteiger partial charge is 0.226 e. The van der Waals surface area contributed by atoms with Gasteiger partial charge in [0.2, 0.25) is 5.91 Å². The zero-order valence-corrected chi connectivity index (χ0v) is 14.7. The molecular formula is C18H29N3O2. The lowest BCUT2D eigenvalue weighted by molar-refractivity contribution is -0.118. The molecular weight excluding hydrogens is 290 g/mol. The Morgan fingerprint density at radius 2 is 1.91 bits per heavy atom. The molecule has 0 saturated carbocycles. The van der Waals surface area contributed by atoms with E-state index in [4.69, 9.17) is 0 Å². The monoisotopic (exact) mass is 319 g/mol. The van der Waals surface area contributed by atoms with Crippen LogP contribution in [0.1, 0.15) is 25.8 Å². The van der Waals surface area contributed by atoms with Crippen LogP contribution in [-0.4, -0.2) is 55.2 Å². The zero-order chi connectivity index (χ0) is 17.0. The molecule has 1 atom stereocenters. The predicted octanol–water partition coefficient (Wildman–Crippen LogP) is 2.09. The van der Waals surface area contributed by atoms with Crippen molar-refractivity contribution in [3.05, 3.63) is 23.8 Å². The van der Waals surface area contributed by atoms with Gasteiger partial charge in [-0.3, -0.25) is 4.79 Å². The van der Waals surface area contributed by atoms with Crippen molar-refractivity contribution in [1.29, 1.82) is 0 Å². The molecule has 2 rings (SSSR count). The number of amides is 1. The van der Waals surface area contributed by atoms with Crippen LogP contribution in [-0.2, 0) is 4.79 Å². The Labute approximate surface area is 139 Å². The van der Waals surface area contributed by atoms with Crippen molar-refractivity contribution < 1.29 is 9.90 Å². The Bertz CT molecular complexity index is 537. The molecule has 128 valence electrons. The summed E-state index contributed by atoms with van der Waals surface area (Å²) in [6.45, 7) is 10.1. The van der Waals surface area contributed by atoms with E-state index in [1.807, 2.05) is 26.0 Å². The average Bonchev–Trinajstić information content (AvgIpc) is 2.48. The van der Waals surface area contributed by atoms with Gasteiger partial charge in [0.1, 0.15) is 0 Å². The van der Waals surface area contributed by atoms with Gasteiger partial charge in [-0.25, -0.2) is 0 Å². The summed E-state index contributed by atoms with van der Waals surface area (Å²) in [7, 11) is 2.15. The number of nitrogens with zero attached hydrogens (tertiary/aromatic N) is 2. The highest BCUT2D eigenvalue weighted by Gasteiger charge is 2.17. The molecule has 0 aromatic heterocycles. The second-order valence-corrected chi connectivity index (χ2v) is 6.86. The van der Waals surface area contributed by atoms with Gasteiger partial charge in [0.15, 0.2) is 0 Å². The maximum atomic E-state index is 12.0. The van der Waals surface area contributed by atoms with Crippen LogP contribution in [0.5, 0.6) is 0 Å². The minimum atomic E-state index is -0.597. The van der Waals surface area contributed by atoms with Crippen LogP contribution in [0, 0.1) is 12.8 Å². The van der Waals surface area contributed by atoms with Crippen molar-refractivity contribution in [2.75, 3.05) is 43.4 Å². The SMILES string of the molecule is Cc1cc(NC(=O)CC(O)C(C)C)ccc1N1CCN(C)CC1. The number of benzene rings is 1. The van der Waals surface area contributed by atoms with E-state index in [2.05, 4.69) is 35.2 Å². The molecule has 5 heteroatoms. The topological polar surface area (TPSA) is 55.8 Å². The number of nitrogens with one attached hydrogen (secondary N) is 1. The highest BCUT2D eigenvalue weighted by Crippen LogP contribution is 2.24. The normalized spacial score (nSPS) is 17.4. The molecule has 2 N–H and O–H groups in total. The van der Waals surface area contributed by atoms with Crippen LogP contribution < -0.4 is 10.2 Å². The Kier molecular flexibility index (Phi) is 6.02. The molecule has 0 aliphatic carbocycles. The molecule has 1 unspecified atom stereocenters. The standard InChI is InChI=1S/C18H29N3O2/c1-13(2)17(22)12-18(23)19-15-5-6-16(14(3)11-15)21-9-7-20(4)8-10-21/h5-6,11,13,17,22H,7-10,12H2,1-4H3,(H,19,23). The number of rotatable bonds is 5. The van der Waals surface area contributed by atoms with E-state index in [1.54, 1.807) is 0 Å². The predicted molar refractivity (Wildman–Crippen MR) is 95.0 cm³/mol. The van der Waals surface area contributed by atoms with Crippen molar-refractivity contribution in [3.63, 3.8) is 0 Å². The number of hydrogen-bond acceptors (Lipinski definition) is 4. The number of likely N-dealkylation sites (N-methyl/N-ethyl adjacent to an activating group) is 1. The molecule has 1 aliphatic heterocycles. The van der Waals surface area contributed by atoms with Crippen molar-refractivity contribution in [1.82, 2.24) is 4.90 Å². The number of hydrogen-bond donors (Lipinski definition) is 2. The summed E-state index contributed by atoms with van der Waals surface area (Å²) in [5, 5.41) is 12.7. The van der Waals surface area contributed by atoms with Crippen LogP contribution in [0.2, 0.25) is 0 Å². The lowest BCUT2D eigenvalue weighted by Gasteiger charge is -2.35. The Morgan fingerprint density at radius 3 is 2.48 bits per heavy atom. The summed E-state index contributed by atoms with van der Waals surface area (Å²) in [6, 6.07) is 6.03. The summed E-state index contributed by atoms with van der Waals surface area (Å²) < 4.78 is 0. The van der Waals surface area contributed by atoms with Crippen molar-refractivity contribution in [2.45, 2.75) is 33.3 Å². The van der Waals surface area contributed by atoms with Crippen LogP contribution >= 0.6 is 0 Å². The number of carbonyl (C=O) groups is 1. The highest BCUT2D eigenvalue weighted by molar-refractivity contribution is 5.91. The minimum absolute atomic E-state index is 0.0853. The first kappa shape index (κ1) is 17.8. The Hall–Kier alpha value is -1.59. The third-order valence-electron chi connectivity index (χ3n) is 4.49. The van der Waals surface area contributed by atoms with Gasteiger partial charge in [0, 0.05) is 37.6 Å². The van der Waals surface area contributed by atoms with E-state index in [0.29, 0.717) is 0 Å². The molecule has 23 heavy (non-hydrogen) atoms. The quantitative estimate of drug-likeness (QED) is 0.872. The Balaban J connectivity index is 1.97. The summed E-state index contributed by atoms with van der Waals surface area (Å²) in [6.07, 6.45) is -0.461. The van der Waals surface area contributed by atoms with Gasteiger partial charge < -0.3 is 20.2 Å². The van der Waals surface area contributed by atoms with Crippen LogP contribution in [0.15, 0.2) is 18.2 Å². The van der Waals surface area contributed by atoms with Gasteiger partial charge in [-0.2, -0.15) is 0 Å². The number of carbonyl (C=O) groups excluding carboxylic acids is 1. The van der Waals surface area contributed by atoms with Crippen molar-refractivity contribution in [3.8, 4) is 0 Å². The Morgan fingerprint density at radius 1 is 1.26 bits per heavy atom. The van der Waals surface area contributed by atoms with E-state index in [1.165, 1.54) is 5.69 Å². The molecule has 5 nitrogen and oxygen atoms in total. The van der Waals surface area contributed by atoms with Crippen LogP contribution in [0.3, 0.4) is 0 Å². The maximum Gasteiger partial charge on any atom is 0.226 e. The first-order chi connectivity index (χ1) is 10.9. The minimum Gasteiger partial charge on any atom is -0.392 e. The molecule has 0 radical (unpaired) electrons. The molecule has 1 aliphatic rings. The molecule has 1 heterocycles. The van der Waals surface area contributed by atoms with Gasteiger partial charge >= 0.3 is 0 Å². The van der Waals surface area contributed by atoms with Crippen LogP contribution in [0.4, 0.5) is 11.4 Å². The average molecular weight is 319 g/mol. The van der Waals surface area contributed by atoms with E-state index in [-0.39, 0.29) is 18.2 Å². The summed E-state index contributed by atoms with van der Waals surface area (Å²) in [4.78, 5) is 16.7. The van der Waals surface area contributed by atoms with E-state index in [0.717, 1.165) is 37.4 Å². The third kappa shape index (κ3) is 4.94. The zero-order valence-electron chi connectivity index (χ0n) is 14.7. The second kappa shape index (κ2) is 7.79. The lowest BCUT2D eigenvalue weighted by Crippen LogP contribution is -2.44. The van der Waals surface area contributed by atoms with Crippen LogP contribution in [0.25, 0.3) is 0 Å². The van der Waals surface area contributed by atoms with Gasteiger partial charge in [-0.15, -0.1) is 0 Å². The summed E-state index contributed by atoms with van der Waals surface area (Å²) in [5.41, 5.74) is 3.19. The number of aliphatic hydroxyl groups is 1. The van der Waals surface area contributed by atoms with E-state index in [9.17, 15) is 9.90 Å². The van der Waals surface area contributed by atoms with Crippen molar-refractivity contribution >= 4 is 17.3 Å². The highest BCUT2D eigenvalue weighted by atomic mass is 16.3. The fraction of sp³-hybridized carbons (Fsp3) is 0.611. The fourth-order valence-electron chi connectivity index (χ4n) is 2.77. The molecule has 1 amide bonds. The van der Waals surface area contributed by atoms with Crippen molar-refractivity contribution in [2.24, 2.45) is 5.92 Å². The molecule has 1 aromatic rings. The molecule has 1 saturated heterocycles. The van der Waals surface area contributed by atoms with Gasteiger partial charge in [-0.05, 0) is 43.7 Å². The second-order valence-electron chi connectivity index (χ2n) is 6.86. The van der Waals surface area contributed by atoms with E-state index < -0.39 is 6.10 Å².